The number of aliphatic hydroxyl groups excluding tert-OH is 1. The zero-order valence-corrected chi connectivity index (χ0v) is 10.4. The van der Waals surface area contributed by atoms with Gasteiger partial charge in [-0.25, -0.2) is 0 Å². The molecule has 19 heavy (non-hydrogen) atoms. The molecule has 0 aromatic heterocycles. The van der Waals surface area contributed by atoms with E-state index in [1.807, 2.05) is 30.3 Å². The number of nitrogens with zero attached hydrogens (tertiary/aromatic N) is 1. The Morgan fingerprint density at radius 2 is 1.89 bits per heavy atom. The van der Waals surface area contributed by atoms with Crippen molar-refractivity contribution in [3.63, 3.8) is 0 Å². The SMILES string of the molecule is N#Cc1ccc(C(O)C2NCc3ccccc32)cc1. The van der Waals surface area contributed by atoms with Crippen molar-refractivity contribution in [1.82, 2.24) is 5.32 Å². The van der Waals surface area contributed by atoms with E-state index in [1.54, 1.807) is 12.1 Å². The predicted octanol–water partition coefficient (Wildman–Crippen LogP) is 2.44. The molecule has 3 heteroatoms. The summed E-state index contributed by atoms with van der Waals surface area (Å²) in [5.74, 6) is 0. The molecule has 3 nitrogen and oxygen atoms in total. The largest absolute Gasteiger partial charge is 0.386 e. The first kappa shape index (κ1) is 11.9. The Kier molecular flexibility index (Phi) is 3.04. The van der Waals surface area contributed by atoms with Crippen molar-refractivity contribution in [2.75, 3.05) is 0 Å². The molecule has 1 aliphatic heterocycles. The van der Waals surface area contributed by atoms with Crippen LogP contribution in [-0.2, 0) is 6.54 Å². The van der Waals surface area contributed by atoms with Crippen molar-refractivity contribution in [1.29, 1.82) is 5.26 Å². The highest BCUT2D eigenvalue weighted by Gasteiger charge is 2.28. The number of nitriles is 1. The molecule has 2 atom stereocenters. The molecule has 0 bridgehead atoms. The van der Waals surface area contributed by atoms with Gasteiger partial charge in [-0.2, -0.15) is 5.26 Å². The molecule has 0 saturated carbocycles. The molecule has 2 aromatic rings. The molecule has 2 aromatic carbocycles. The summed E-state index contributed by atoms with van der Waals surface area (Å²) in [6.07, 6.45) is -0.601. The molecule has 3 rings (SSSR count). The van der Waals surface area contributed by atoms with E-state index in [0.29, 0.717) is 5.56 Å². The number of hydrogen-bond acceptors (Lipinski definition) is 3. The first-order valence-electron chi connectivity index (χ1n) is 6.29. The Hall–Kier alpha value is -2.15. The van der Waals surface area contributed by atoms with Gasteiger partial charge in [-0.15, -0.1) is 0 Å². The van der Waals surface area contributed by atoms with Crippen molar-refractivity contribution in [2.24, 2.45) is 0 Å². The van der Waals surface area contributed by atoms with Crippen molar-refractivity contribution in [3.8, 4) is 6.07 Å². The maximum atomic E-state index is 10.5. The normalized spacial score (nSPS) is 18.6. The molecule has 1 heterocycles. The highest BCUT2D eigenvalue weighted by molar-refractivity contribution is 5.38. The van der Waals surface area contributed by atoms with Gasteiger partial charge in [-0.05, 0) is 28.8 Å². The maximum Gasteiger partial charge on any atom is 0.0991 e. The summed E-state index contributed by atoms with van der Waals surface area (Å²) >= 11 is 0. The van der Waals surface area contributed by atoms with E-state index in [4.69, 9.17) is 5.26 Å². The van der Waals surface area contributed by atoms with Crippen molar-refractivity contribution in [2.45, 2.75) is 18.7 Å². The highest BCUT2D eigenvalue weighted by atomic mass is 16.3. The average Bonchev–Trinajstić information content (AvgIpc) is 2.90. The Bertz CT molecular complexity index is 628. The summed E-state index contributed by atoms with van der Waals surface area (Å²) in [6.45, 7) is 0.786. The minimum absolute atomic E-state index is 0.0795. The predicted molar refractivity (Wildman–Crippen MR) is 72.1 cm³/mol. The van der Waals surface area contributed by atoms with Crippen LogP contribution in [0.5, 0.6) is 0 Å². The van der Waals surface area contributed by atoms with Crippen LogP contribution in [0.3, 0.4) is 0 Å². The topological polar surface area (TPSA) is 56.0 Å². The van der Waals surface area contributed by atoms with Gasteiger partial charge in [-0.1, -0.05) is 36.4 Å². The fourth-order valence-corrected chi connectivity index (χ4v) is 2.56. The van der Waals surface area contributed by atoms with Crippen LogP contribution in [0.25, 0.3) is 0 Å². The molecule has 94 valence electrons. The quantitative estimate of drug-likeness (QED) is 0.860. The molecule has 0 saturated heterocycles. The Morgan fingerprint density at radius 1 is 1.16 bits per heavy atom. The van der Waals surface area contributed by atoms with Crippen LogP contribution in [0.1, 0.15) is 34.4 Å². The molecule has 2 N–H and O–H groups in total. The zero-order valence-electron chi connectivity index (χ0n) is 10.4. The smallest absolute Gasteiger partial charge is 0.0991 e. The fraction of sp³-hybridized carbons (Fsp3) is 0.188. The standard InChI is InChI=1S/C16H14N2O/c17-9-11-5-7-12(8-6-11)16(19)15-14-4-2-1-3-13(14)10-18-15/h1-8,15-16,18-19H,10H2. The first-order valence-corrected chi connectivity index (χ1v) is 6.29. The Morgan fingerprint density at radius 3 is 2.63 bits per heavy atom. The monoisotopic (exact) mass is 250 g/mol. The summed E-state index contributed by atoms with van der Waals surface area (Å²) < 4.78 is 0. The molecule has 0 fully saturated rings. The third-order valence-electron chi connectivity index (χ3n) is 3.60. The second-order valence-corrected chi connectivity index (χ2v) is 4.74. The van der Waals surface area contributed by atoms with E-state index in [-0.39, 0.29) is 6.04 Å². The van der Waals surface area contributed by atoms with E-state index in [9.17, 15) is 5.11 Å². The molecular weight excluding hydrogens is 236 g/mol. The van der Waals surface area contributed by atoms with Gasteiger partial charge < -0.3 is 10.4 Å². The summed E-state index contributed by atoms with van der Waals surface area (Å²) in [5.41, 5.74) is 3.82. The summed E-state index contributed by atoms with van der Waals surface area (Å²) in [7, 11) is 0. The Labute approximate surface area is 112 Å². The third-order valence-corrected chi connectivity index (χ3v) is 3.60. The molecule has 2 unspecified atom stereocenters. The third kappa shape index (κ3) is 2.12. The lowest BCUT2D eigenvalue weighted by Crippen LogP contribution is -2.20. The molecule has 0 spiro atoms. The van der Waals surface area contributed by atoms with Crippen LogP contribution in [0.15, 0.2) is 48.5 Å². The molecule has 1 aliphatic rings. The second kappa shape index (κ2) is 4.85. The highest BCUT2D eigenvalue weighted by Crippen LogP contribution is 2.34. The van der Waals surface area contributed by atoms with Gasteiger partial charge in [0.25, 0.3) is 0 Å². The molecule has 0 amide bonds. The van der Waals surface area contributed by atoms with Crippen LogP contribution < -0.4 is 5.32 Å². The van der Waals surface area contributed by atoms with Crippen LogP contribution >= 0.6 is 0 Å². The lowest BCUT2D eigenvalue weighted by molar-refractivity contribution is 0.133. The van der Waals surface area contributed by atoms with Gasteiger partial charge in [0, 0.05) is 6.54 Å². The number of aliphatic hydroxyl groups is 1. The van der Waals surface area contributed by atoms with Crippen LogP contribution in [0.2, 0.25) is 0 Å². The minimum atomic E-state index is -0.601. The van der Waals surface area contributed by atoms with Crippen molar-refractivity contribution >= 4 is 0 Å². The van der Waals surface area contributed by atoms with Gasteiger partial charge in [0.1, 0.15) is 0 Å². The molecular formula is C16H14N2O. The van der Waals surface area contributed by atoms with E-state index >= 15 is 0 Å². The van der Waals surface area contributed by atoms with Gasteiger partial charge in [-0.3, -0.25) is 0 Å². The zero-order chi connectivity index (χ0) is 13.2. The van der Waals surface area contributed by atoms with Gasteiger partial charge >= 0.3 is 0 Å². The number of rotatable bonds is 2. The molecule has 0 radical (unpaired) electrons. The maximum absolute atomic E-state index is 10.5. The summed E-state index contributed by atoms with van der Waals surface area (Å²) in [4.78, 5) is 0. The number of benzene rings is 2. The van der Waals surface area contributed by atoms with E-state index in [0.717, 1.165) is 17.7 Å². The van der Waals surface area contributed by atoms with E-state index in [2.05, 4.69) is 17.5 Å². The molecule has 0 aliphatic carbocycles. The van der Waals surface area contributed by atoms with Gasteiger partial charge in [0.15, 0.2) is 0 Å². The van der Waals surface area contributed by atoms with Crippen LogP contribution in [0.4, 0.5) is 0 Å². The average molecular weight is 250 g/mol. The van der Waals surface area contributed by atoms with Crippen LogP contribution in [-0.4, -0.2) is 5.11 Å². The lowest BCUT2D eigenvalue weighted by atomic mass is 9.95. The van der Waals surface area contributed by atoms with Crippen molar-refractivity contribution < 1.29 is 5.11 Å². The lowest BCUT2D eigenvalue weighted by Gasteiger charge is -2.20. The number of fused-ring (bicyclic) bond motifs is 1. The number of nitrogens with one attached hydrogen (secondary N) is 1. The minimum Gasteiger partial charge on any atom is -0.386 e. The van der Waals surface area contributed by atoms with Crippen LogP contribution in [0, 0.1) is 11.3 Å². The summed E-state index contributed by atoms with van der Waals surface area (Å²) in [5, 5.41) is 22.6. The van der Waals surface area contributed by atoms with Gasteiger partial charge in [0.05, 0.1) is 23.8 Å². The van der Waals surface area contributed by atoms with Gasteiger partial charge in [0.2, 0.25) is 0 Å². The fourth-order valence-electron chi connectivity index (χ4n) is 2.56. The summed E-state index contributed by atoms with van der Waals surface area (Å²) in [6, 6.07) is 17.2. The Balaban J connectivity index is 1.89. The number of hydrogen-bond donors (Lipinski definition) is 2. The first-order chi connectivity index (χ1) is 9.29. The van der Waals surface area contributed by atoms with E-state index < -0.39 is 6.10 Å². The van der Waals surface area contributed by atoms with E-state index in [1.165, 1.54) is 5.56 Å². The second-order valence-electron chi connectivity index (χ2n) is 4.74. The van der Waals surface area contributed by atoms with Crippen molar-refractivity contribution in [3.05, 3.63) is 70.8 Å².